The Kier molecular flexibility index (Phi) is 7.87. The minimum Gasteiger partial charge on any atom is -0.379 e. The molecule has 7 heteroatoms. The van der Waals surface area contributed by atoms with E-state index in [-0.39, 0.29) is 0 Å². The maximum absolute atomic E-state index is 5.54. The molecule has 1 aromatic heterocycles. The zero-order valence-electron chi connectivity index (χ0n) is 17.0. The van der Waals surface area contributed by atoms with E-state index in [2.05, 4.69) is 56.8 Å². The van der Waals surface area contributed by atoms with Gasteiger partial charge < -0.3 is 15.4 Å². The molecular formula is C21H32N6O. The number of morpholine rings is 1. The van der Waals surface area contributed by atoms with Gasteiger partial charge >= 0.3 is 0 Å². The number of aromatic nitrogens is 2. The van der Waals surface area contributed by atoms with Crippen molar-refractivity contribution in [1.82, 2.24) is 25.3 Å². The first-order chi connectivity index (χ1) is 13.8. The molecule has 7 nitrogen and oxygen atoms in total. The van der Waals surface area contributed by atoms with Crippen molar-refractivity contribution >= 4 is 5.96 Å². The van der Waals surface area contributed by atoms with Gasteiger partial charge in [0.2, 0.25) is 0 Å². The highest BCUT2D eigenvalue weighted by Crippen LogP contribution is 2.21. The molecule has 28 heavy (non-hydrogen) atoms. The molecule has 0 saturated carbocycles. The maximum Gasteiger partial charge on any atom is 0.191 e. The number of hydrogen-bond donors (Lipinski definition) is 2. The van der Waals surface area contributed by atoms with Gasteiger partial charge in [-0.05, 0) is 25.0 Å². The van der Waals surface area contributed by atoms with Gasteiger partial charge in [0.05, 0.1) is 19.3 Å². The second-order valence-electron chi connectivity index (χ2n) is 7.08. The molecule has 1 aromatic carbocycles. The first-order valence-electron chi connectivity index (χ1n) is 10.1. The van der Waals surface area contributed by atoms with Crippen LogP contribution in [0.5, 0.6) is 0 Å². The molecule has 0 spiro atoms. The van der Waals surface area contributed by atoms with Gasteiger partial charge in [-0.25, -0.2) is 0 Å². The number of nitrogens with one attached hydrogen (secondary N) is 2. The fraction of sp³-hybridized carbons (Fsp3) is 0.524. The number of aryl methyl sites for hydroxylation is 2. The average molecular weight is 385 g/mol. The number of aliphatic imine (C=N–C) groups is 1. The fourth-order valence-electron chi connectivity index (χ4n) is 3.43. The van der Waals surface area contributed by atoms with Crippen molar-refractivity contribution in [3.8, 4) is 0 Å². The maximum atomic E-state index is 5.54. The van der Waals surface area contributed by atoms with E-state index in [1.54, 1.807) is 0 Å². The average Bonchev–Trinajstić information content (AvgIpc) is 3.25. The summed E-state index contributed by atoms with van der Waals surface area (Å²) >= 11 is 0. The molecule has 2 N–H and O–H groups in total. The van der Waals surface area contributed by atoms with E-state index in [4.69, 9.17) is 4.74 Å². The van der Waals surface area contributed by atoms with Crippen LogP contribution in [0.25, 0.3) is 0 Å². The number of ether oxygens (including phenoxy) is 1. The predicted octanol–water partition coefficient (Wildman–Crippen LogP) is 1.82. The van der Waals surface area contributed by atoms with E-state index in [0.29, 0.717) is 6.04 Å². The van der Waals surface area contributed by atoms with Crippen LogP contribution in [0.15, 0.2) is 47.7 Å². The van der Waals surface area contributed by atoms with Crippen LogP contribution in [0, 0.1) is 6.92 Å². The Morgan fingerprint density at radius 2 is 2.00 bits per heavy atom. The van der Waals surface area contributed by atoms with Crippen LogP contribution in [0.3, 0.4) is 0 Å². The summed E-state index contributed by atoms with van der Waals surface area (Å²) in [5.41, 5.74) is 2.61. The molecule has 152 valence electrons. The third-order valence-electron chi connectivity index (χ3n) is 5.05. The van der Waals surface area contributed by atoms with Crippen LogP contribution in [0.1, 0.15) is 23.6 Å². The van der Waals surface area contributed by atoms with Crippen molar-refractivity contribution in [2.24, 2.45) is 4.99 Å². The molecule has 1 atom stereocenters. The minimum absolute atomic E-state index is 0.298. The normalized spacial score (nSPS) is 16.7. The summed E-state index contributed by atoms with van der Waals surface area (Å²) < 4.78 is 7.49. The van der Waals surface area contributed by atoms with Gasteiger partial charge in [0, 0.05) is 52.2 Å². The smallest absolute Gasteiger partial charge is 0.191 e. The molecule has 1 aliphatic rings. The van der Waals surface area contributed by atoms with E-state index in [0.717, 1.165) is 58.3 Å². The van der Waals surface area contributed by atoms with Crippen molar-refractivity contribution in [2.45, 2.75) is 25.9 Å². The lowest BCUT2D eigenvalue weighted by Gasteiger charge is -2.35. The van der Waals surface area contributed by atoms with Crippen LogP contribution in [0.4, 0.5) is 0 Å². The quantitative estimate of drug-likeness (QED) is 0.413. The molecule has 2 aromatic rings. The summed E-state index contributed by atoms with van der Waals surface area (Å²) in [7, 11) is 1.82. The summed E-state index contributed by atoms with van der Waals surface area (Å²) in [5.74, 6) is 0.839. The van der Waals surface area contributed by atoms with Crippen LogP contribution < -0.4 is 10.6 Å². The monoisotopic (exact) mass is 384 g/mol. The van der Waals surface area contributed by atoms with Crippen LogP contribution in [0.2, 0.25) is 0 Å². The van der Waals surface area contributed by atoms with Gasteiger partial charge in [0.1, 0.15) is 0 Å². The number of hydrogen-bond acceptors (Lipinski definition) is 4. The lowest BCUT2D eigenvalue weighted by atomic mass is 10.0. The van der Waals surface area contributed by atoms with E-state index < -0.39 is 0 Å². The molecular weight excluding hydrogens is 352 g/mol. The van der Waals surface area contributed by atoms with Crippen molar-refractivity contribution < 1.29 is 4.74 Å². The second-order valence-corrected chi connectivity index (χ2v) is 7.08. The molecule has 1 aliphatic heterocycles. The zero-order chi connectivity index (χ0) is 19.6. The molecule has 1 saturated heterocycles. The molecule has 2 heterocycles. The van der Waals surface area contributed by atoms with Crippen LogP contribution in [-0.4, -0.2) is 67.1 Å². The summed E-state index contributed by atoms with van der Waals surface area (Å²) in [6.45, 7) is 8.18. The first-order valence-corrected chi connectivity index (χ1v) is 10.1. The number of nitrogens with zero attached hydrogens (tertiary/aromatic N) is 4. The Morgan fingerprint density at radius 1 is 1.21 bits per heavy atom. The van der Waals surface area contributed by atoms with E-state index in [1.165, 1.54) is 11.1 Å². The molecule has 0 bridgehead atoms. The zero-order valence-corrected chi connectivity index (χ0v) is 17.0. The highest BCUT2D eigenvalue weighted by atomic mass is 16.5. The van der Waals surface area contributed by atoms with E-state index in [1.807, 2.05) is 30.2 Å². The van der Waals surface area contributed by atoms with E-state index in [9.17, 15) is 0 Å². The van der Waals surface area contributed by atoms with Crippen LogP contribution in [-0.2, 0) is 11.3 Å². The first kappa shape index (κ1) is 20.4. The highest BCUT2D eigenvalue weighted by Gasteiger charge is 2.22. The van der Waals surface area contributed by atoms with Gasteiger partial charge in [0.25, 0.3) is 0 Å². The molecule has 1 unspecified atom stereocenters. The summed E-state index contributed by atoms with van der Waals surface area (Å²) in [6.07, 6.45) is 4.79. The molecule has 0 radical (unpaired) electrons. The van der Waals surface area contributed by atoms with Crippen molar-refractivity contribution in [3.63, 3.8) is 0 Å². The topological polar surface area (TPSA) is 66.7 Å². The van der Waals surface area contributed by atoms with Crippen molar-refractivity contribution in [3.05, 3.63) is 53.9 Å². The number of guanidine groups is 1. The van der Waals surface area contributed by atoms with Crippen molar-refractivity contribution in [2.75, 3.05) is 46.4 Å². The van der Waals surface area contributed by atoms with Gasteiger partial charge in [0.15, 0.2) is 5.96 Å². The molecule has 0 amide bonds. The molecule has 1 fully saturated rings. The Labute approximate surface area is 167 Å². The third-order valence-corrected chi connectivity index (χ3v) is 5.05. The lowest BCUT2D eigenvalue weighted by molar-refractivity contribution is 0.0170. The Hall–Kier alpha value is -2.38. The van der Waals surface area contributed by atoms with Gasteiger partial charge in [-0.1, -0.05) is 29.8 Å². The fourth-order valence-corrected chi connectivity index (χ4v) is 3.43. The standard InChI is InChI=1S/C21H32N6O/c1-18-5-7-19(8-6-18)20(26-13-15-28-16-14-26)17-24-21(22-2)23-9-3-11-27-12-4-10-25-27/h4-8,10,12,20H,3,9,11,13-17H2,1-2H3,(H2,22,23,24). The summed E-state index contributed by atoms with van der Waals surface area (Å²) in [4.78, 5) is 6.87. The van der Waals surface area contributed by atoms with Gasteiger partial charge in [-0.15, -0.1) is 0 Å². The summed E-state index contributed by atoms with van der Waals surface area (Å²) in [6, 6.07) is 11.1. The molecule has 3 rings (SSSR count). The Balaban J connectivity index is 1.52. The third kappa shape index (κ3) is 6.07. The van der Waals surface area contributed by atoms with Gasteiger partial charge in [-0.2, -0.15) is 5.10 Å². The Morgan fingerprint density at radius 3 is 2.68 bits per heavy atom. The van der Waals surface area contributed by atoms with Crippen molar-refractivity contribution in [1.29, 1.82) is 0 Å². The lowest BCUT2D eigenvalue weighted by Crippen LogP contribution is -2.46. The largest absolute Gasteiger partial charge is 0.379 e. The minimum atomic E-state index is 0.298. The SMILES string of the molecule is CN=C(NCCCn1cccn1)NCC(c1ccc(C)cc1)N1CCOCC1. The molecule has 0 aliphatic carbocycles. The van der Waals surface area contributed by atoms with E-state index >= 15 is 0 Å². The van der Waals surface area contributed by atoms with Crippen LogP contribution >= 0.6 is 0 Å². The Bertz CT molecular complexity index is 707. The predicted molar refractivity (Wildman–Crippen MR) is 113 cm³/mol. The second kappa shape index (κ2) is 10.8. The van der Waals surface area contributed by atoms with Gasteiger partial charge in [-0.3, -0.25) is 14.6 Å². The highest BCUT2D eigenvalue weighted by molar-refractivity contribution is 5.79. The summed E-state index contributed by atoms with van der Waals surface area (Å²) in [5, 5.41) is 11.1. The number of benzene rings is 1. The number of rotatable bonds is 8.